The first-order valence-corrected chi connectivity index (χ1v) is 6.89. The zero-order chi connectivity index (χ0) is 14.9. The highest BCUT2D eigenvalue weighted by Gasteiger charge is 2.35. The summed E-state index contributed by atoms with van der Waals surface area (Å²) in [6.07, 6.45) is 2.87. The van der Waals surface area contributed by atoms with Crippen molar-refractivity contribution in [1.82, 2.24) is 9.88 Å². The SMILES string of the molecule is C[C@H]1CC[C@@H](N(C(=O)O)C(C)(C)C)CO1.c1oc2nc1-2. The topological polar surface area (TPSA) is 75.8 Å². The minimum atomic E-state index is -0.856. The van der Waals surface area contributed by atoms with Gasteiger partial charge in [0.2, 0.25) is 5.89 Å². The third-order valence-electron chi connectivity index (χ3n) is 3.45. The van der Waals surface area contributed by atoms with Crippen molar-refractivity contribution >= 4 is 6.09 Å². The molecule has 2 atom stereocenters. The molecule has 0 aliphatic carbocycles. The maximum absolute atomic E-state index is 11.2. The van der Waals surface area contributed by atoms with E-state index < -0.39 is 6.09 Å². The van der Waals surface area contributed by atoms with Crippen molar-refractivity contribution in [3.05, 3.63) is 6.26 Å². The summed E-state index contributed by atoms with van der Waals surface area (Å²) in [5.74, 6) is 0.838. The number of carboxylic acid groups (broad SMARTS) is 1. The Balaban J connectivity index is 0.000000238. The number of ether oxygens (including phenoxy) is 1. The Morgan fingerprint density at radius 2 is 2.10 bits per heavy atom. The third-order valence-corrected chi connectivity index (χ3v) is 3.45. The van der Waals surface area contributed by atoms with Crippen LogP contribution in [0.1, 0.15) is 40.5 Å². The van der Waals surface area contributed by atoms with Crippen molar-refractivity contribution in [3.63, 3.8) is 0 Å². The molecule has 6 nitrogen and oxygen atoms in total. The van der Waals surface area contributed by atoms with E-state index in [0.29, 0.717) is 6.61 Å². The van der Waals surface area contributed by atoms with Gasteiger partial charge in [-0.15, -0.1) is 0 Å². The molecule has 1 saturated heterocycles. The molecule has 1 N–H and O–H groups in total. The third kappa shape index (κ3) is 3.50. The van der Waals surface area contributed by atoms with Crippen LogP contribution >= 0.6 is 0 Å². The lowest BCUT2D eigenvalue weighted by Crippen LogP contribution is -2.54. The molecule has 3 aliphatic rings. The van der Waals surface area contributed by atoms with Crippen LogP contribution in [0.2, 0.25) is 0 Å². The lowest BCUT2D eigenvalue weighted by molar-refractivity contribution is -0.0432. The van der Waals surface area contributed by atoms with Gasteiger partial charge in [0.05, 0.1) is 18.8 Å². The predicted molar refractivity (Wildman–Crippen MR) is 73.5 cm³/mol. The maximum Gasteiger partial charge on any atom is 0.408 e. The van der Waals surface area contributed by atoms with Gasteiger partial charge < -0.3 is 14.3 Å². The number of rotatable bonds is 1. The van der Waals surface area contributed by atoms with E-state index in [1.807, 2.05) is 27.7 Å². The quantitative estimate of drug-likeness (QED) is 0.870. The number of amides is 1. The minimum Gasteiger partial charge on any atom is -0.465 e. The monoisotopic (exact) mass is 282 g/mol. The molecule has 112 valence electrons. The van der Waals surface area contributed by atoms with Gasteiger partial charge in [-0.2, -0.15) is 0 Å². The van der Waals surface area contributed by atoms with Crippen molar-refractivity contribution in [1.29, 1.82) is 0 Å². The molecule has 0 aromatic carbocycles. The van der Waals surface area contributed by atoms with Crippen LogP contribution in [0.5, 0.6) is 0 Å². The van der Waals surface area contributed by atoms with Crippen LogP contribution in [0.3, 0.4) is 0 Å². The summed E-state index contributed by atoms with van der Waals surface area (Å²) in [7, 11) is 0. The number of hydrogen-bond acceptors (Lipinski definition) is 4. The molecule has 6 heteroatoms. The largest absolute Gasteiger partial charge is 0.465 e. The molecule has 0 spiro atoms. The Hall–Kier alpha value is -1.56. The second-order valence-corrected chi connectivity index (χ2v) is 6.24. The number of oxazole rings is 1. The van der Waals surface area contributed by atoms with Crippen LogP contribution in [-0.4, -0.2) is 45.4 Å². The molecule has 0 saturated carbocycles. The van der Waals surface area contributed by atoms with E-state index in [1.54, 1.807) is 6.26 Å². The number of fused-ring (bicyclic) bond motifs is 1. The molecule has 0 bridgehead atoms. The highest BCUT2D eigenvalue weighted by Crippen LogP contribution is 2.29. The smallest absolute Gasteiger partial charge is 0.408 e. The van der Waals surface area contributed by atoms with Gasteiger partial charge in [-0.05, 0) is 40.5 Å². The van der Waals surface area contributed by atoms with E-state index >= 15 is 0 Å². The Morgan fingerprint density at radius 3 is 2.35 bits per heavy atom. The summed E-state index contributed by atoms with van der Waals surface area (Å²) in [5.41, 5.74) is 0.686. The van der Waals surface area contributed by atoms with Crippen LogP contribution < -0.4 is 0 Å². The summed E-state index contributed by atoms with van der Waals surface area (Å²) in [6, 6.07) is -0.00120. The molecular formula is C14H22N2O4. The Bertz CT molecular complexity index is 446. The van der Waals surface area contributed by atoms with E-state index in [-0.39, 0.29) is 17.7 Å². The summed E-state index contributed by atoms with van der Waals surface area (Å²) in [6.45, 7) is 8.29. The Labute approximate surface area is 118 Å². The van der Waals surface area contributed by atoms with Gasteiger partial charge in [0, 0.05) is 5.54 Å². The fraction of sp³-hybridized carbons (Fsp3) is 0.714. The molecule has 0 radical (unpaired) electrons. The predicted octanol–water partition coefficient (Wildman–Crippen LogP) is 2.99. The lowest BCUT2D eigenvalue weighted by atomic mass is 9.98. The van der Waals surface area contributed by atoms with Gasteiger partial charge in [-0.25, -0.2) is 9.78 Å². The molecule has 0 aromatic rings. The van der Waals surface area contributed by atoms with Crippen molar-refractivity contribution < 1.29 is 19.1 Å². The van der Waals surface area contributed by atoms with Crippen molar-refractivity contribution in [2.45, 2.75) is 58.2 Å². The van der Waals surface area contributed by atoms with Crippen LogP contribution in [-0.2, 0) is 4.74 Å². The average Bonchev–Trinajstić information content (AvgIpc) is 2.87. The molecule has 3 heterocycles. The molecule has 20 heavy (non-hydrogen) atoms. The second kappa shape index (κ2) is 5.44. The highest BCUT2D eigenvalue weighted by molar-refractivity contribution is 5.66. The fourth-order valence-corrected chi connectivity index (χ4v) is 2.36. The summed E-state index contributed by atoms with van der Waals surface area (Å²) < 4.78 is 10.1. The van der Waals surface area contributed by atoms with Gasteiger partial charge in [0.25, 0.3) is 0 Å². The molecule has 1 amide bonds. The van der Waals surface area contributed by atoms with Gasteiger partial charge in [-0.1, -0.05) is 0 Å². The van der Waals surface area contributed by atoms with Gasteiger partial charge in [0.1, 0.15) is 6.26 Å². The van der Waals surface area contributed by atoms with E-state index in [0.717, 1.165) is 24.4 Å². The van der Waals surface area contributed by atoms with E-state index in [2.05, 4.69) is 9.40 Å². The fourth-order valence-electron chi connectivity index (χ4n) is 2.36. The summed E-state index contributed by atoms with van der Waals surface area (Å²) >= 11 is 0. The van der Waals surface area contributed by atoms with Crippen molar-refractivity contribution in [2.75, 3.05) is 6.61 Å². The van der Waals surface area contributed by atoms with Gasteiger partial charge in [0.15, 0.2) is 5.69 Å². The summed E-state index contributed by atoms with van der Waals surface area (Å²) in [5, 5.41) is 9.20. The second-order valence-electron chi connectivity index (χ2n) is 6.24. The zero-order valence-corrected chi connectivity index (χ0v) is 12.4. The molecule has 0 unspecified atom stereocenters. The number of carbonyl (C=O) groups is 1. The molecule has 3 aliphatic heterocycles. The van der Waals surface area contributed by atoms with Crippen LogP contribution in [0.4, 0.5) is 4.79 Å². The Morgan fingerprint density at radius 1 is 1.45 bits per heavy atom. The standard InChI is InChI=1S/C11H21NO3.C3HNO/c1-8-5-6-9(7-15-8)12(10(13)14)11(2,3)4;1-2-3(4-2)5-1/h8-9H,5-7H2,1-4H3,(H,13,14);1H/t8-,9+;/m0./s1. The molecule has 0 aromatic heterocycles. The van der Waals surface area contributed by atoms with E-state index in [1.165, 1.54) is 4.90 Å². The first-order valence-electron chi connectivity index (χ1n) is 6.89. The maximum atomic E-state index is 11.2. The van der Waals surface area contributed by atoms with Crippen molar-refractivity contribution in [2.24, 2.45) is 0 Å². The van der Waals surface area contributed by atoms with E-state index in [9.17, 15) is 9.90 Å². The first kappa shape index (κ1) is 14.8. The van der Waals surface area contributed by atoms with Crippen LogP contribution in [0, 0.1) is 0 Å². The van der Waals surface area contributed by atoms with Gasteiger partial charge >= 0.3 is 6.09 Å². The zero-order valence-electron chi connectivity index (χ0n) is 12.4. The lowest BCUT2D eigenvalue weighted by Gasteiger charge is -2.42. The van der Waals surface area contributed by atoms with E-state index in [4.69, 9.17) is 4.74 Å². The normalized spacial score (nSPS) is 23.6. The molecular weight excluding hydrogens is 260 g/mol. The summed E-state index contributed by atoms with van der Waals surface area (Å²) in [4.78, 5) is 16.4. The number of nitrogens with zero attached hydrogens (tertiary/aromatic N) is 2. The average molecular weight is 282 g/mol. The van der Waals surface area contributed by atoms with Crippen LogP contribution in [0.25, 0.3) is 11.6 Å². The minimum absolute atomic E-state index is 0.00120. The van der Waals surface area contributed by atoms with Crippen molar-refractivity contribution in [3.8, 4) is 11.6 Å². The Kier molecular flexibility index (Phi) is 4.04. The van der Waals surface area contributed by atoms with Gasteiger partial charge in [-0.3, -0.25) is 4.90 Å². The highest BCUT2D eigenvalue weighted by atomic mass is 16.5. The number of aromatic nitrogens is 1. The first-order chi connectivity index (χ1) is 9.29. The molecule has 3 rings (SSSR count). The van der Waals surface area contributed by atoms with Crippen LogP contribution in [0.15, 0.2) is 10.7 Å². The number of hydrogen-bond donors (Lipinski definition) is 1. The molecule has 1 fully saturated rings.